The fourth-order valence-corrected chi connectivity index (χ4v) is 0.482. The van der Waals surface area contributed by atoms with Gasteiger partial charge in [0.1, 0.15) is 5.78 Å². The lowest BCUT2D eigenvalue weighted by Gasteiger charge is -1.96. The maximum Gasteiger partial charge on any atom is 0.132 e. The Labute approximate surface area is 60.1 Å². The molecule has 0 aliphatic heterocycles. The lowest BCUT2D eigenvalue weighted by Crippen LogP contribution is -2.01. The van der Waals surface area contributed by atoms with Gasteiger partial charge in [-0.05, 0) is 6.92 Å². The molecule has 0 spiro atoms. The highest BCUT2D eigenvalue weighted by atomic mass is 35.5. The number of rotatable bonds is 5. The van der Waals surface area contributed by atoms with E-state index in [1.54, 1.807) is 6.92 Å². The van der Waals surface area contributed by atoms with E-state index in [1.165, 1.54) is 0 Å². The minimum atomic E-state index is 0.157. The molecular formula is C6H11ClO2. The van der Waals surface area contributed by atoms with E-state index >= 15 is 0 Å². The minimum absolute atomic E-state index is 0.157. The number of hydrogen-bond acceptors (Lipinski definition) is 2. The first kappa shape index (κ1) is 8.92. The Balaban J connectivity index is 2.83. The fourth-order valence-electron chi connectivity index (χ4n) is 0.373. The molecule has 0 radical (unpaired) electrons. The number of hydrogen-bond donors (Lipinski definition) is 0. The van der Waals surface area contributed by atoms with E-state index in [-0.39, 0.29) is 5.78 Å². The molecule has 0 saturated heterocycles. The third-order valence-electron chi connectivity index (χ3n) is 0.820. The largest absolute Gasteiger partial charge is 0.380 e. The Kier molecular flexibility index (Phi) is 5.99. The fraction of sp³-hybridized carbons (Fsp3) is 0.833. The van der Waals surface area contributed by atoms with Gasteiger partial charge in [-0.3, -0.25) is 4.79 Å². The van der Waals surface area contributed by atoms with Gasteiger partial charge in [0.2, 0.25) is 0 Å². The first-order valence-electron chi connectivity index (χ1n) is 2.90. The highest BCUT2D eigenvalue weighted by Crippen LogP contribution is 1.84. The molecule has 0 unspecified atom stereocenters. The Morgan fingerprint density at radius 2 is 2.22 bits per heavy atom. The van der Waals surface area contributed by atoms with Crippen molar-refractivity contribution in [2.24, 2.45) is 0 Å². The molecule has 0 aromatic carbocycles. The first-order valence-corrected chi connectivity index (χ1v) is 3.44. The van der Waals surface area contributed by atoms with Gasteiger partial charge in [-0.15, -0.1) is 11.6 Å². The van der Waals surface area contributed by atoms with Gasteiger partial charge in [0.05, 0.1) is 13.2 Å². The zero-order chi connectivity index (χ0) is 7.11. The number of ketones is 1. The Morgan fingerprint density at radius 3 is 2.67 bits per heavy atom. The van der Waals surface area contributed by atoms with Gasteiger partial charge in [-0.2, -0.15) is 0 Å². The molecule has 0 aromatic rings. The number of alkyl halides is 1. The Bertz CT molecular complexity index is 83.1. The van der Waals surface area contributed by atoms with Gasteiger partial charge >= 0.3 is 0 Å². The average molecular weight is 151 g/mol. The third-order valence-corrected chi connectivity index (χ3v) is 0.974. The number of ether oxygens (including phenoxy) is 1. The zero-order valence-electron chi connectivity index (χ0n) is 5.52. The number of halogens is 1. The number of carbonyl (C=O) groups excluding carboxylic acids is 1. The quantitative estimate of drug-likeness (QED) is 0.435. The molecule has 3 heteroatoms. The molecule has 0 fully saturated rings. The van der Waals surface area contributed by atoms with E-state index in [9.17, 15) is 4.79 Å². The normalized spacial score (nSPS) is 9.56. The van der Waals surface area contributed by atoms with Crippen LogP contribution in [0.15, 0.2) is 0 Å². The summed E-state index contributed by atoms with van der Waals surface area (Å²) in [6, 6.07) is 0. The number of Topliss-reactive ketones (excluding diaryl/α,β-unsaturated/α-hetero) is 1. The molecule has 0 rings (SSSR count). The number of carbonyl (C=O) groups is 1. The minimum Gasteiger partial charge on any atom is -0.380 e. The van der Waals surface area contributed by atoms with Crippen LogP contribution in [0.1, 0.15) is 13.3 Å². The summed E-state index contributed by atoms with van der Waals surface area (Å²) in [5.74, 6) is 0.655. The van der Waals surface area contributed by atoms with Crippen LogP contribution in [-0.2, 0) is 9.53 Å². The standard InChI is InChI=1S/C6H11ClO2/c1-6(8)2-4-9-5-3-7/h2-5H2,1H3. The first-order chi connectivity index (χ1) is 4.27. The van der Waals surface area contributed by atoms with Crippen molar-refractivity contribution in [1.82, 2.24) is 0 Å². The molecule has 0 amide bonds. The van der Waals surface area contributed by atoms with Crippen LogP contribution in [0.3, 0.4) is 0 Å². The summed E-state index contributed by atoms with van der Waals surface area (Å²) >= 11 is 5.31. The topological polar surface area (TPSA) is 26.3 Å². The van der Waals surface area contributed by atoms with Crippen molar-refractivity contribution in [3.05, 3.63) is 0 Å². The summed E-state index contributed by atoms with van der Waals surface area (Å²) < 4.78 is 4.94. The summed E-state index contributed by atoms with van der Waals surface area (Å²) in [6.45, 7) is 2.58. The highest BCUT2D eigenvalue weighted by Gasteiger charge is 1.91. The maximum atomic E-state index is 10.3. The van der Waals surface area contributed by atoms with E-state index < -0.39 is 0 Å². The Morgan fingerprint density at radius 1 is 1.56 bits per heavy atom. The summed E-state index contributed by atoms with van der Waals surface area (Å²) in [7, 11) is 0. The lowest BCUT2D eigenvalue weighted by atomic mass is 10.3. The molecule has 0 aromatic heterocycles. The second kappa shape index (κ2) is 6.05. The summed E-state index contributed by atoms with van der Waals surface area (Å²) in [5.41, 5.74) is 0. The van der Waals surface area contributed by atoms with Crippen LogP contribution >= 0.6 is 11.6 Å². The Hall–Kier alpha value is -0.0800. The van der Waals surface area contributed by atoms with Crippen molar-refractivity contribution in [2.75, 3.05) is 19.1 Å². The molecule has 9 heavy (non-hydrogen) atoms. The predicted octanol–water partition coefficient (Wildman–Crippen LogP) is 1.22. The summed E-state index contributed by atoms with van der Waals surface area (Å²) in [6.07, 6.45) is 0.497. The molecule has 0 heterocycles. The summed E-state index contributed by atoms with van der Waals surface area (Å²) in [4.78, 5) is 10.3. The maximum absolute atomic E-state index is 10.3. The molecule has 0 aliphatic carbocycles. The van der Waals surface area contributed by atoms with Gasteiger partial charge < -0.3 is 4.74 Å². The van der Waals surface area contributed by atoms with Crippen LogP contribution in [0, 0.1) is 0 Å². The van der Waals surface area contributed by atoms with Crippen molar-refractivity contribution in [3.8, 4) is 0 Å². The molecule has 0 atom stereocenters. The SMILES string of the molecule is CC(=O)CCOCCCl. The van der Waals surface area contributed by atoms with E-state index in [0.29, 0.717) is 25.5 Å². The van der Waals surface area contributed by atoms with E-state index in [2.05, 4.69) is 0 Å². The van der Waals surface area contributed by atoms with Crippen molar-refractivity contribution >= 4 is 17.4 Å². The van der Waals surface area contributed by atoms with Crippen molar-refractivity contribution in [2.45, 2.75) is 13.3 Å². The second-order valence-electron chi connectivity index (χ2n) is 1.75. The molecule has 0 bridgehead atoms. The van der Waals surface area contributed by atoms with Crippen LogP contribution in [0.5, 0.6) is 0 Å². The van der Waals surface area contributed by atoms with E-state index in [0.717, 1.165) is 0 Å². The monoisotopic (exact) mass is 150 g/mol. The van der Waals surface area contributed by atoms with Gasteiger partial charge in [-0.1, -0.05) is 0 Å². The average Bonchev–Trinajstić information content (AvgIpc) is 1.80. The van der Waals surface area contributed by atoms with Gasteiger partial charge in [0.15, 0.2) is 0 Å². The van der Waals surface area contributed by atoms with Crippen LogP contribution < -0.4 is 0 Å². The van der Waals surface area contributed by atoms with Gasteiger partial charge in [0.25, 0.3) is 0 Å². The molecule has 54 valence electrons. The van der Waals surface area contributed by atoms with Crippen LogP contribution in [0.2, 0.25) is 0 Å². The van der Waals surface area contributed by atoms with Crippen LogP contribution in [-0.4, -0.2) is 24.9 Å². The predicted molar refractivity (Wildman–Crippen MR) is 36.8 cm³/mol. The van der Waals surface area contributed by atoms with Crippen LogP contribution in [0.25, 0.3) is 0 Å². The van der Waals surface area contributed by atoms with E-state index in [4.69, 9.17) is 16.3 Å². The molecule has 0 saturated carbocycles. The zero-order valence-corrected chi connectivity index (χ0v) is 6.28. The van der Waals surface area contributed by atoms with Gasteiger partial charge in [-0.25, -0.2) is 0 Å². The summed E-state index contributed by atoms with van der Waals surface area (Å²) in [5, 5.41) is 0. The molecular weight excluding hydrogens is 140 g/mol. The van der Waals surface area contributed by atoms with Crippen LogP contribution in [0.4, 0.5) is 0 Å². The smallest absolute Gasteiger partial charge is 0.132 e. The lowest BCUT2D eigenvalue weighted by molar-refractivity contribution is -0.118. The molecule has 2 nitrogen and oxygen atoms in total. The second-order valence-corrected chi connectivity index (χ2v) is 2.13. The van der Waals surface area contributed by atoms with Crippen molar-refractivity contribution in [1.29, 1.82) is 0 Å². The highest BCUT2D eigenvalue weighted by molar-refractivity contribution is 6.17. The van der Waals surface area contributed by atoms with Crippen molar-refractivity contribution in [3.63, 3.8) is 0 Å². The third kappa shape index (κ3) is 7.92. The van der Waals surface area contributed by atoms with Gasteiger partial charge in [0, 0.05) is 12.3 Å². The molecule has 0 N–H and O–H groups in total. The molecule has 0 aliphatic rings. The van der Waals surface area contributed by atoms with E-state index in [1.807, 2.05) is 0 Å². The van der Waals surface area contributed by atoms with Crippen molar-refractivity contribution < 1.29 is 9.53 Å².